The van der Waals surface area contributed by atoms with Crippen LogP contribution in [0, 0.1) is 83.1 Å². The molecule has 0 aliphatic carbocycles. The third-order valence-corrected chi connectivity index (χ3v) is 16.1. The van der Waals surface area contributed by atoms with Crippen molar-refractivity contribution in [2.45, 2.75) is 123 Å². The predicted octanol–water partition coefficient (Wildman–Crippen LogP) is 17.5. The molecule has 62 heavy (non-hydrogen) atoms. The van der Waals surface area contributed by atoms with Crippen molar-refractivity contribution in [3.8, 4) is 17.2 Å². The Morgan fingerprint density at radius 2 is 0.774 bits per heavy atom. The van der Waals surface area contributed by atoms with Crippen LogP contribution in [-0.4, -0.2) is 0 Å². The first-order valence-electron chi connectivity index (χ1n) is 21.7. The fourth-order valence-electron chi connectivity index (χ4n) is 7.76. The van der Waals surface area contributed by atoms with Crippen LogP contribution in [0.2, 0.25) is 0 Å². The van der Waals surface area contributed by atoms with Gasteiger partial charge in [0.15, 0.2) is 0 Å². The van der Waals surface area contributed by atoms with Gasteiger partial charge in [-0.25, -0.2) is 0 Å². The normalized spacial score (nSPS) is 11.6. The highest BCUT2D eigenvalue weighted by molar-refractivity contribution is 8.15. The molecule has 1 atom stereocenters. The van der Waals surface area contributed by atoms with E-state index < -0.39 is 16.3 Å². The summed E-state index contributed by atoms with van der Waals surface area (Å²) in [5.74, 6) is 3.04. The van der Waals surface area contributed by atoms with Crippen LogP contribution in [0.5, 0.6) is 17.2 Å². The summed E-state index contributed by atoms with van der Waals surface area (Å²) < 4.78 is 32.5. The lowest BCUT2D eigenvalue weighted by Crippen LogP contribution is -2.05. The van der Waals surface area contributed by atoms with Gasteiger partial charge < -0.3 is 22.0 Å². The maximum atomic E-state index is 6.94. The maximum absolute atomic E-state index is 6.94. The van der Waals surface area contributed by atoms with E-state index in [-0.39, 0.29) is 0 Å². The molecule has 1 unspecified atom stereocenters. The van der Waals surface area contributed by atoms with E-state index in [0.29, 0.717) is 20.1 Å². The molecule has 0 saturated heterocycles. The quantitative estimate of drug-likeness (QED) is 0.128. The van der Waals surface area contributed by atoms with Crippen LogP contribution in [0.25, 0.3) is 21.9 Å². The lowest BCUT2D eigenvalue weighted by Gasteiger charge is -2.21. The highest BCUT2D eigenvalue weighted by atomic mass is 32.0. The van der Waals surface area contributed by atoms with Crippen LogP contribution in [0.15, 0.2) is 93.3 Å². The van der Waals surface area contributed by atoms with Crippen LogP contribution in [0.3, 0.4) is 0 Å². The van der Waals surface area contributed by atoms with Crippen molar-refractivity contribution in [2.75, 3.05) is 0 Å². The van der Waals surface area contributed by atoms with Gasteiger partial charge in [0.05, 0.1) is 0 Å². The van der Waals surface area contributed by atoms with E-state index in [1.54, 1.807) is 0 Å². The van der Waals surface area contributed by atoms with Crippen LogP contribution in [-0.2, 0) is 0 Å². The van der Waals surface area contributed by atoms with Crippen molar-refractivity contribution in [3.05, 3.63) is 163 Å². The third-order valence-electron chi connectivity index (χ3n) is 11.6. The molecule has 0 radical (unpaired) electrons. The molecule has 0 fully saturated rings. The molecule has 0 N–H and O–H groups in total. The Labute approximate surface area is 374 Å². The van der Waals surface area contributed by atoms with E-state index in [2.05, 4.69) is 139 Å². The molecule has 0 aliphatic rings. The second kappa shape index (κ2) is 19.9. The Kier molecular flexibility index (Phi) is 15.1. The topological polar surface area (TPSA) is 54.0 Å². The molecule has 0 aliphatic heterocycles. The Morgan fingerprint density at radius 1 is 0.435 bits per heavy atom. The number of aryl methyl sites for hydroxylation is 12. The lowest BCUT2D eigenvalue weighted by molar-refractivity contribution is 0.385. The average molecular weight is 887 g/mol. The van der Waals surface area contributed by atoms with E-state index in [9.17, 15) is 0 Å². The molecule has 0 amide bonds. The van der Waals surface area contributed by atoms with Gasteiger partial charge in [0.25, 0.3) is 0 Å². The highest BCUT2D eigenvalue weighted by Gasteiger charge is 2.24. The monoisotopic (exact) mass is 886 g/mol. The van der Waals surface area contributed by atoms with Gasteiger partial charge in [-0.2, -0.15) is 0 Å². The largest absolute Gasteiger partial charge is 0.530 e. The van der Waals surface area contributed by atoms with E-state index in [1.165, 1.54) is 77.3 Å². The third kappa shape index (κ3) is 10.8. The van der Waals surface area contributed by atoms with Gasteiger partial charge in [-0.15, -0.1) is 0 Å². The van der Waals surface area contributed by atoms with Crippen LogP contribution < -0.4 is 18.9 Å². The minimum Gasteiger partial charge on any atom is -0.416 e. The van der Waals surface area contributed by atoms with Crippen LogP contribution in [0.1, 0.15) is 117 Å². The first-order valence-corrected chi connectivity index (χ1v) is 25.8. The smallest absolute Gasteiger partial charge is 0.416 e. The van der Waals surface area contributed by atoms with Crippen LogP contribution in [0.4, 0.5) is 0 Å². The Hall–Kier alpha value is -4.52. The molecule has 0 spiro atoms. The summed E-state index contributed by atoms with van der Waals surface area (Å²) in [5.41, 5.74) is 19.2. The molecule has 1 heterocycles. The summed E-state index contributed by atoms with van der Waals surface area (Å²) >= 11 is 0. The zero-order valence-corrected chi connectivity index (χ0v) is 42.5. The summed E-state index contributed by atoms with van der Waals surface area (Å²) in [4.78, 5) is 0. The van der Waals surface area contributed by atoms with Gasteiger partial charge >= 0.3 is 8.60 Å². The second-order valence-electron chi connectivity index (χ2n) is 17.7. The molecule has 6 aromatic carbocycles. The van der Waals surface area contributed by atoms with Gasteiger partial charge in [0.1, 0.15) is 28.4 Å². The molecule has 7 aromatic rings. The maximum Gasteiger partial charge on any atom is 0.530 e. The Balaban J connectivity index is 0.000000211. The number of hydrogen-bond acceptors (Lipinski definition) is 5. The molecule has 1 aromatic heterocycles. The first kappa shape index (κ1) is 47.0. The summed E-state index contributed by atoms with van der Waals surface area (Å²) in [6, 6.07) is 29.6. The molecule has 7 rings (SSSR count). The van der Waals surface area contributed by atoms with Gasteiger partial charge in [-0.1, -0.05) is 117 Å². The molecule has 5 nitrogen and oxygen atoms in total. The summed E-state index contributed by atoms with van der Waals surface area (Å²) in [7, 11) is -2.38. The molecule has 326 valence electrons. The Morgan fingerprint density at radius 3 is 1.10 bits per heavy atom. The number of benzene rings is 6. The second-order valence-corrected chi connectivity index (χ2v) is 22.1. The van der Waals surface area contributed by atoms with Gasteiger partial charge in [-0.05, 0) is 174 Å². The number of rotatable bonds is 10. The van der Waals surface area contributed by atoms with Crippen molar-refractivity contribution in [2.24, 2.45) is 0 Å². The zero-order valence-electron chi connectivity index (χ0n) is 39.7. The first-order chi connectivity index (χ1) is 29.3. The van der Waals surface area contributed by atoms with Gasteiger partial charge in [0, 0.05) is 19.0 Å². The van der Waals surface area contributed by atoms with Crippen molar-refractivity contribution in [1.82, 2.24) is 0 Å². The van der Waals surface area contributed by atoms with E-state index >= 15 is 0 Å². The van der Waals surface area contributed by atoms with E-state index in [1.807, 2.05) is 57.2 Å². The number of fused-ring (bicyclic) bond motifs is 3. The molecular weight excluding hydrogens is 822 g/mol. The fourth-order valence-corrected chi connectivity index (χ4v) is 12.6. The van der Waals surface area contributed by atoms with Crippen molar-refractivity contribution < 1.29 is 22.0 Å². The summed E-state index contributed by atoms with van der Waals surface area (Å²) in [6.07, 6.45) is 0. The number of hydrogen-bond donors (Lipinski definition) is 0. The fraction of sp³-hybridized carbons (Fsp3) is 0.333. The molecule has 0 saturated carbocycles. The van der Waals surface area contributed by atoms with Gasteiger partial charge in [-0.3, -0.25) is 0 Å². The van der Waals surface area contributed by atoms with Gasteiger partial charge in [0.2, 0.25) is 7.70 Å². The molecular formula is C54H65O5P3. The van der Waals surface area contributed by atoms with Crippen LogP contribution >= 0.6 is 24.6 Å². The van der Waals surface area contributed by atoms with Crippen molar-refractivity contribution >= 4 is 51.8 Å². The van der Waals surface area contributed by atoms with Crippen molar-refractivity contribution in [3.63, 3.8) is 0 Å². The minimum absolute atomic E-state index is 0.366. The highest BCUT2D eigenvalue weighted by Crippen LogP contribution is 2.52. The molecule has 8 heteroatoms. The Bertz CT molecular complexity index is 2590. The van der Waals surface area contributed by atoms with E-state index in [4.69, 9.17) is 22.0 Å². The zero-order chi connectivity index (χ0) is 45.2. The van der Waals surface area contributed by atoms with E-state index in [0.717, 1.165) is 45.1 Å². The average Bonchev–Trinajstić information content (AvgIpc) is 3.36. The predicted molar refractivity (Wildman–Crippen MR) is 269 cm³/mol. The summed E-state index contributed by atoms with van der Waals surface area (Å²) in [5, 5.41) is 3.79. The SMILES string of the molecule is Cc1ccc(OP(Oc2ccc(C)cc2C)Oc2ccc(C)cc2C)c(C)c1.Cc1ccc(Pp2oc3c(C(C)C)cc(C)c(C)c3c3c(C)c(C)cc(C(C)C)c3o2)c(C)c1. The van der Waals surface area contributed by atoms with Crippen molar-refractivity contribution in [1.29, 1.82) is 0 Å². The standard InChI is InChI=1S/C30H38O2P2.C24H27O3P/c1-16(2)24-14-19(6)22(9)27-28-23(10)20(7)15-25(17(3)4)30(28)32-34(31-29(24)27)33-26-12-11-18(5)13-21(26)8;1-16-7-10-22(19(4)13-16)25-28(26-23-11-8-17(2)14-20(23)5)27-24-12-9-18(3)15-21(24)6/h11-17,33H,1-10H3;7-15H,1-6H3. The lowest BCUT2D eigenvalue weighted by atomic mass is 9.89. The molecule has 0 bridgehead atoms. The minimum atomic E-state index is -1.67. The summed E-state index contributed by atoms with van der Waals surface area (Å²) in [6.45, 7) is 34.6.